The molecule has 0 radical (unpaired) electrons. The Morgan fingerprint density at radius 2 is 2.27 bits per heavy atom. The zero-order chi connectivity index (χ0) is 11.4. The van der Waals surface area contributed by atoms with Crippen molar-refractivity contribution in [2.75, 3.05) is 6.61 Å². The highest BCUT2D eigenvalue weighted by Crippen LogP contribution is 2.03. The molecule has 82 valence electrons. The Bertz CT molecular complexity index is 383. The molecule has 1 rings (SSSR count). The van der Waals surface area contributed by atoms with Crippen molar-refractivity contribution in [2.24, 2.45) is 0 Å². The Morgan fingerprint density at radius 3 is 2.73 bits per heavy atom. The summed E-state index contributed by atoms with van der Waals surface area (Å²) in [6.07, 6.45) is 0. The third-order valence-corrected chi connectivity index (χ3v) is 1.78. The van der Waals surface area contributed by atoms with E-state index in [2.05, 4.69) is 5.10 Å². The van der Waals surface area contributed by atoms with Gasteiger partial charge in [-0.15, -0.1) is 0 Å². The third-order valence-electron chi connectivity index (χ3n) is 1.78. The summed E-state index contributed by atoms with van der Waals surface area (Å²) in [5, 5.41) is 12.4. The number of ether oxygens (including phenoxy) is 1. The van der Waals surface area contributed by atoms with E-state index in [1.54, 1.807) is 13.8 Å². The summed E-state index contributed by atoms with van der Waals surface area (Å²) in [6, 6.07) is 1.40. The maximum atomic E-state index is 11.1. The van der Waals surface area contributed by atoms with E-state index in [0.717, 1.165) is 0 Å². The topological polar surface area (TPSA) is 81.4 Å². The van der Waals surface area contributed by atoms with Crippen molar-refractivity contribution < 1.29 is 19.4 Å². The van der Waals surface area contributed by atoms with E-state index in [1.807, 2.05) is 0 Å². The average molecular weight is 212 g/mol. The molecule has 0 unspecified atom stereocenters. The quantitative estimate of drug-likeness (QED) is 0.733. The monoisotopic (exact) mass is 212 g/mol. The number of hydrogen-bond donors (Lipinski definition) is 1. The fourth-order valence-electron chi connectivity index (χ4n) is 1.10. The van der Waals surface area contributed by atoms with Gasteiger partial charge in [-0.1, -0.05) is 0 Å². The molecule has 1 aromatic heterocycles. The highest BCUT2D eigenvalue weighted by Gasteiger charge is 2.12. The van der Waals surface area contributed by atoms with E-state index in [0.29, 0.717) is 12.3 Å². The SMILES string of the molecule is CCOC(=O)Cn1nc(C(=O)O)cc1C. The molecule has 0 amide bonds. The number of hydrogen-bond acceptors (Lipinski definition) is 4. The molecule has 0 aliphatic carbocycles. The van der Waals surface area contributed by atoms with Gasteiger partial charge in [0.15, 0.2) is 5.69 Å². The maximum absolute atomic E-state index is 11.1. The number of aromatic carboxylic acids is 1. The Kier molecular flexibility index (Phi) is 3.43. The lowest BCUT2D eigenvalue weighted by Gasteiger charge is -2.03. The van der Waals surface area contributed by atoms with Crippen LogP contribution >= 0.6 is 0 Å². The van der Waals surface area contributed by atoms with Gasteiger partial charge in [0.25, 0.3) is 0 Å². The first-order chi connectivity index (χ1) is 7.04. The van der Waals surface area contributed by atoms with Crippen LogP contribution in [-0.4, -0.2) is 33.4 Å². The van der Waals surface area contributed by atoms with Gasteiger partial charge in [-0.25, -0.2) is 4.79 Å². The number of carboxylic acids is 1. The summed E-state index contributed by atoms with van der Waals surface area (Å²) in [5.41, 5.74) is 0.539. The molecule has 0 saturated carbocycles. The lowest BCUT2D eigenvalue weighted by Crippen LogP contribution is -2.15. The highest BCUT2D eigenvalue weighted by molar-refractivity contribution is 5.85. The molecule has 0 aliphatic heterocycles. The number of rotatable bonds is 4. The number of aromatic nitrogens is 2. The van der Waals surface area contributed by atoms with E-state index in [9.17, 15) is 9.59 Å². The molecule has 1 N–H and O–H groups in total. The van der Waals surface area contributed by atoms with E-state index < -0.39 is 11.9 Å². The van der Waals surface area contributed by atoms with Gasteiger partial charge in [-0.3, -0.25) is 9.48 Å². The van der Waals surface area contributed by atoms with Crippen molar-refractivity contribution in [1.82, 2.24) is 9.78 Å². The van der Waals surface area contributed by atoms with Gasteiger partial charge in [-0.05, 0) is 19.9 Å². The lowest BCUT2D eigenvalue weighted by molar-refractivity contribution is -0.144. The van der Waals surface area contributed by atoms with Gasteiger partial charge in [0.2, 0.25) is 0 Å². The van der Waals surface area contributed by atoms with Crippen LogP contribution in [0.2, 0.25) is 0 Å². The third kappa shape index (κ3) is 2.80. The molecule has 15 heavy (non-hydrogen) atoms. The van der Waals surface area contributed by atoms with Crippen LogP contribution in [0.1, 0.15) is 23.1 Å². The second-order valence-electron chi connectivity index (χ2n) is 2.94. The summed E-state index contributed by atoms with van der Waals surface area (Å²) >= 11 is 0. The molecule has 1 aromatic rings. The molecule has 0 aliphatic rings. The van der Waals surface area contributed by atoms with Crippen LogP contribution in [0.15, 0.2) is 6.07 Å². The lowest BCUT2D eigenvalue weighted by atomic mass is 10.4. The zero-order valence-electron chi connectivity index (χ0n) is 8.56. The number of nitrogens with zero attached hydrogens (tertiary/aromatic N) is 2. The van der Waals surface area contributed by atoms with Crippen LogP contribution in [0.3, 0.4) is 0 Å². The first-order valence-corrected chi connectivity index (χ1v) is 4.48. The Labute approximate surface area is 86.5 Å². The van der Waals surface area contributed by atoms with E-state index in [4.69, 9.17) is 9.84 Å². The predicted molar refractivity (Wildman–Crippen MR) is 50.6 cm³/mol. The van der Waals surface area contributed by atoms with Crippen molar-refractivity contribution in [1.29, 1.82) is 0 Å². The Balaban J connectivity index is 2.77. The van der Waals surface area contributed by atoms with Gasteiger partial charge in [0.05, 0.1) is 6.61 Å². The average Bonchev–Trinajstić information content (AvgIpc) is 2.48. The molecular formula is C9H12N2O4. The molecule has 0 fully saturated rings. The summed E-state index contributed by atoms with van der Waals surface area (Å²) < 4.78 is 6.03. The number of carbonyl (C=O) groups excluding carboxylic acids is 1. The number of esters is 1. The first kappa shape index (κ1) is 11.2. The fourth-order valence-corrected chi connectivity index (χ4v) is 1.10. The predicted octanol–water partition coefficient (Wildman–Crippen LogP) is 0.453. The molecular weight excluding hydrogens is 200 g/mol. The van der Waals surface area contributed by atoms with Crippen molar-refractivity contribution in [3.05, 3.63) is 17.5 Å². The summed E-state index contributed by atoms with van der Waals surface area (Å²) in [7, 11) is 0. The Hall–Kier alpha value is -1.85. The summed E-state index contributed by atoms with van der Waals surface area (Å²) in [6.45, 7) is 3.62. The summed E-state index contributed by atoms with van der Waals surface area (Å²) in [5.74, 6) is -1.54. The van der Waals surface area contributed by atoms with Crippen molar-refractivity contribution in [2.45, 2.75) is 20.4 Å². The number of carboxylic acid groups (broad SMARTS) is 1. The minimum Gasteiger partial charge on any atom is -0.476 e. The van der Waals surface area contributed by atoms with Crippen LogP contribution in [0, 0.1) is 6.92 Å². The molecule has 0 spiro atoms. The Morgan fingerprint density at radius 1 is 1.60 bits per heavy atom. The highest BCUT2D eigenvalue weighted by atomic mass is 16.5. The number of carbonyl (C=O) groups is 2. The minimum atomic E-state index is -1.11. The fraction of sp³-hybridized carbons (Fsp3) is 0.444. The molecule has 0 aromatic carbocycles. The largest absolute Gasteiger partial charge is 0.476 e. The standard InChI is InChI=1S/C9H12N2O4/c1-3-15-8(12)5-11-6(2)4-7(10-11)9(13)14/h4H,3,5H2,1-2H3,(H,13,14). The van der Waals surface area contributed by atoms with Gasteiger partial charge >= 0.3 is 11.9 Å². The second kappa shape index (κ2) is 4.59. The number of aryl methyl sites for hydroxylation is 1. The molecule has 0 saturated heterocycles. The summed E-state index contributed by atoms with van der Waals surface area (Å²) in [4.78, 5) is 21.7. The molecule has 1 heterocycles. The molecule has 0 bridgehead atoms. The first-order valence-electron chi connectivity index (χ1n) is 4.48. The molecule has 6 heteroatoms. The van der Waals surface area contributed by atoms with Crippen LogP contribution in [0.4, 0.5) is 0 Å². The van der Waals surface area contributed by atoms with Crippen LogP contribution in [0.25, 0.3) is 0 Å². The van der Waals surface area contributed by atoms with Crippen LogP contribution in [-0.2, 0) is 16.1 Å². The van der Waals surface area contributed by atoms with E-state index in [1.165, 1.54) is 10.7 Å². The van der Waals surface area contributed by atoms with Gasteiger partial charge in [-0.2, -0.15) is 5.10 Å². The van der Waals surface area contributed by atoms with E-state index in [-0.39, 0.29) is 12.2 Å². The van der Waals surface area contributed by atoms with Crippen molar-refractivity contribution in [3.63, 3.8) is 0 Å². The minimum absolute atomic E-state index is 0.0625. The molecule has 6 nitrogen and oxygen atoms in total. The van der Waals surface area contributed by atoms with Crippen molar-refractivity contribution in [3.8, 4) is 0 Å². The van der Waals surface area contributed by atoms with Gasteiger partial charge in [0, 0.05) is 5.69 Å². The zero-order valence-corrected chi connectivity index (χ0v) is 8.56. The smallest absolute Gasteiger partial charge is 0.356 e. The maximum Gasteiger partial charge on any atom is 0.356 e. The van der Waals surface area contributed by atoms with Gasteiger partial charge in [0.1, 0.15) is 6.54 Å². The van der Waals surface area contributed by atoms with Crippen molar-refractivity contribution >= 4 is 11.9 Å². The van der Waals surface area contributed by atoms with E-state index >= 15 is 0 Å². The molecule has 0 atom stereocenters. The van der Waals surface area contributed by atoms with Gasteiger partial charge < -0.3 is 9.84 Å². The van der Waals surface area contributed by atoms with Crippen LogP contribution < -0.4 is 0 Å². The van der Waals surface area contributed by atoms with Crippen LogP contribution in [0.5, 0.6) is 0 Å². The normalized spacial score (nSPS) is 10.0. The second-order valence-corrected chi connectivity index (χ2v) is 2.94.